The van der Waals surface area contributed by atoms with Crippen LogP contribution in [0.4, 0.5) is 5.69 Å². The summed E-state index contributed by atoms with van der Waals surface area (Å²) >= 11 is 0. The highest BCUT2D eigenvalue weighted by molar-refractivity contribution is 6.05. The number of hydrogen-bond acceptors (Lipinski definition) is 7. The fraction of sp³-hybridized carbons (Fsp3) is 0.200. The van der Waals surface area contributed by atoms with E-state index in [9.17, 15) is 19.2 Å². The Kier molecular flexibility index (Phi) is 5.58. The van der Waals surface area contributed by atoms with Crippen molar-refractivity contribution in [1.82, 2.24) is 13.9 Å². The summed E-state index contributed by atoms with van der Waals surface area (Å²) in [6, 6.07) is 6.43. The molecule has 0 unspecified atom stereocenters. The van der Waals surface area contributed by atoms with Gasteiger partial charge in [-0.15, -0.1) is 0 Å². The van der Waals surface area contributed by atoms with Crippen LogP contribution in [0.5, 0.6) is 0 Å². The number of carbonyl (C=O) groups is 2. The van der Waals surface area contributed by atoms with Gasteiger partial charge in [-0.1, -0.05) is 12.1 Å². The molecular weight excluding hydrogens is 392 g/mol. The van der Waals surface area contributed by atoms with Crippen molar-refractivity contribution in [3.8, 4) is 5.69 Å². The van der Waals surface area contributed by atoms with Gasteiger partial charge < -0.3 is 14.4 Å². The van der Waals surface area contributed by atoms with Crippen molar-refractivity contribution in [1.29, 1.82) is 0 Å². The second-order valence-corrected chi connectivity index (χ2v) is 6.28. The Hall–Kier alpha value is -4.08. The number of hydrogen-bond donors (Lipinski definition) is 0. The predicted octanol–water partition coefficient (Wildman–Crippen LogP) is 0.365. The molecule has 0 aliphatic carbocycles. The van der Waals surface area contributed by atoms with E-state index >= 15 is 0 Å². The minimum absolute atomic E-state index is 0.00690. The molecule has 10 heteroatoms. The minimum Gasteiger partial charge on any atom is -0.465 e. The third kappa shape index (κ3) is 3.39. The van der Waals surface area contributed by atoms with Crippen LogP contribution < -0.4 is 16.3 Å². The van der Waals surface area contributed by atoms with Crippen molar-refractivity contribution in [2.24, 2.45) is 14.1 Å². The Morgan fingerprint density at radius 2 is 1.47 bits per heavy atom. The second kappa shape index (κ2) is 8.11. The summed E-state index contributed by atoms with van der Waals surface area (Å²) < 4.78 is 13.0. The Balaban J connectivity index is 2.22. The van der Waals surface area contributed by atoms with Crippen LogP contribution in [0.25, 0.3) is 5.69 Å². The molecule has 0 amide bonds. The van der Waals surface area contributed by atoms with Crippen LogP contribution in [-0.4, -0.2) is 40.1 Å². The van der Waals surface area contributed by atoms with Crippen molar-refractivity contribution >= 4 is 17.6 Å². The third-order valence-electron chi connectivity index (χ3n) is 4.64. The van der Waals surface area contributed by atoms with Crippen molar-refractivity contribution in [2.45, 2.75) is 0 Å². The molecule has 0 radical (unpaired) electrons. The number of ether oxygens (including phenoxy) is 2. The van der Waals surface area contributed by atoms with Crippen molar-refractivity contribution < 1.29 is 19.1 Å². The van der Waals surface area contributed by atoms with Gasteiger partial charge in [-0.2, -0.15) is 0 Å². The SMILES string of the molecule is COC(=O)C1=C(C(=O)OC)N(c2cccc(-n3c(=O)n(C)n(C)c3=O)c2)C=CC=C1. The molecule has 0 saturated carbocycles. The molecule has 0 atom stereocenters. The first kappa shape index (κ1) is 20.6. The highest BCUT2D eigenvalue weighted by atomic mass is 16.5. The molecule has 156 valence electrons. The summed E-state index contributed by atoms with van der Waals surface area (Å²) in [7, 11) is 5.37. The van der Waals surface area contributed by atoms with E-state index < -0.39 is 23.3 Å². The summed E-state index contributed by atoms with van der Waals surface area (Å²) in [5, 5.41) is 0. The average molecular weight is 412 g/mol. The van der Waals surface area contributed by atoms with E-state index in [0.717, 1.165) is 4.57 Å². The largest absolute Gasteiger partial charge is 0.465 e. The molecule has 30 heavy (non-hydrogen) atoms. The predicted molar refractivity (Wildman–Crippen MR) is 108 cm³/mol. The molecule has 3 rings (SSSR count). The van der Waals surface area contributed by atoms with Crippen LogP contribution in [0.15, 0.2) is 69.6 Å². The van der Waals surface area contributed by atoms with E-state index in [1.165, 1.54) is 48.7 Å². The number of nitrogens with zero attached hydrogens (tertiary/aromatic N) is 4. The lowest BCUT2D eigenvalue weighted by molar-refractivity contribution is -0.139. The van der Waals surface area contributed by atoms with Gasteiger partial charge in [0.2, 0.25) is 0 Å². The standard InChI is InChI=1S/C20H20N4O6/c1-21-19(27)24(20(28)22(21)2)14-9-7-8-13(12-14)23-11-6-5-10-15(17(25)29-3)16(23)18(26)30-4/h5-12H,1-4H3. The number of anilines is 1. The molecule has 0 bridgehead atoms. The van der Waals surface area contributed by atoms with Gasteiger partial charge in [-0.25, -0.2) is 33.1 Å². The number of rotatable bonds is 4. The van der Waals surface area contributed by atoms with E-state index in [0.29, 0.717) is 11.4 Å². The molecule has 2 heterocycles. The zero-order chi connectivity index (χ0) is 22.0. The quantitative estimate of drug-likeness (QED) is 0.668. The smallest absolute Gasteiger partial charge is 0.355 e. The number of esters is 2. The molecule has 0 N–H and O–H groups in total. The Bertz CT molecular complexity index is 1190. The highest BCUT2D eigenvalue weighted by Gasteiger charge is 2.27. The molecule has 1 aliphatic rings. The number of aromatic nitrogens is 3. The van der Waals surface area contributed by atoms with Gasteiger partial charge in [0.05, 0.1) is 25.5 Å². The van der Waals surface area contributed by atoms with Crippen molar-refractivity contribution in [2.75, 3.05) is 19.1 Å². The van der Waals surface area contributed by atoms with Crippen LogP contribution in [0.3, 0.4) is 0 Å². The summed E-state index contributed by atoms with van der Waals surface area (Å²) in [4.78, 5) is 51.2. The first-order valence-electron chi connectivity index (χ1n) is 8.82. The van der Waals surface area contributed by atoms with Gasteiger partial charge in [-0.3, -0.25) is 0 Å². The van der Waals surface area contributed by atoms with Crippen molar-refractivity contribution in [3.63, 3.8) is 0 Å². The Morgan fingerprint density at radius 3 is 2.07 bits per heavy atom. The number of allylic oxidation sites excluding steroid dienone is 2. The Labute approximate surface area is 171 Å². The zero-order valence-corrected chi connectivity index (χ0v) is 16.9. The first-order chi connectivity index (χ1) is 14.3. The van der Waals surface area contributed by atoms with Crippen LogP contribution in [0.2, 0.25) is 0 Å². The van der Waals surface area contributed by atoms with E-state index in [1.54, 1.807) is 42.6 Å². The molecule has 0 saturated heterocycles. The van der Waals surface area contributed by atoms with Gasteiger partial charge in [0.25, 0.3) is 0 Å². The van der Waals surface area contributed by atoms with Gasteiger partial charge >= 0.3 is 23.3 Å². The molecule has 2 aromatic rings. The van der Waals surface area contributed by atoms with Crippen LogP contribution in [0.1, 0.15) is 0 Å². The summed E-state index contributed by atoms with van der Waals surface area (Å²) in [5.74, 6) is -1.48. The maximum atomic E-state index is 12.5. The number of methoxy groups -OCH3 is 2. The lowest BCUT2D eigenvalue weighted by Crippen LogP contribution is -2.28. The molecule has 10 nitrogen and oxygen atoms in total. The van der Waals surface area contributed by atoms with Crippen LogP contribution in [0, 0.1) is 0 Å². The van der Waals surface area contributed by atoms with E-state index in [-0.39, 0.29) is 11.3 Å². The average Bonchev–Trinajstić information content (AvgIpc) is 2.92. The van der Waals surface area contributed by atoms with Crippen molar-refractivity contribution in [3.05, 3.63) is 80.9 Å². The van der Waals surface area contributed by atoms with Crippen LogP contribution in [-0.2, 0) is 33.2 Å². The summed E-state index contributed by atoms with van der Waals surface area (Å²) in [6.45, 7) is 0. The number of benzene rings is 1. The molecule has 1 aromatic carbocycles. The van der Waals surface area contributed by atoms with Gasteiger partial charge in [0, 0.05) is 26.0 Å². The van der Waals surface area contributed by atoms with Gasteiger partial charge in [0.15, 0.2) is 0 Å². The number of carbonyl (C=O) groups excluding carboxylic acids is 2. The fourth-order valence-corrected chi connectivity index (χ4v) is 3.00. The monoisotopic (exact) mass is 412 g/mol. The molecule has 0 spiro atoms. The summed E-state index contributed by atoms with van der Waals surface area (Å²) in [5.41, 5.74) is -0.397. The van der Waals surface area contributed by atoms with E-state index in [1.807, 2.05) is 0 Å². The molecule has 0 fully saturated rings. The molecule has 1 aliphatic heterocycles. The second-order valence-electron chi connectivity index (χ2n) is 6.28. The maximum absolute atomic E-state index is 12.5. The van der Waals surface area contributed by atoms with Gasteiger partial charge in [-0.05, 0) is 30.4 Å². The normalized spacial score (nSPS) is 13.4. The lowest BCUT2D eigenvalue weighted by Gasteiger charge is -2.23. The Morgan fingerprint density at radius 1 is 0.867 bits per heavy atom. The topological polar surface area (TPSA) is 105 Å². The van der Waals surface area contributed by atoms with Crippen LogP contribution >= 0.6 is 0 Å². The van der Waals surface area contributed by atoms with E-state index in [4.69, 9.17) is 9.47 Å². The summed E-state index contributed by atoms with van der Waals surface area (Å²) in [6.07, 6.45) is 6.20. The molecule has 1 aromatic heterocycles. The fourth-order valence-electron chi connectivity index (χ4n) is 3.00. The minimum atomic E-state index is -0.759. The van der Waals surface area contributed by atoms with E-state index in [2.05, 4.69) is 0 Å². The van der Waals surface area contributed by atoms with Gasteiger partial charge in [0.1, 0.15) is 5.70 Å². The maximum Gasteiger partial charge on any atom is 0.355 e. The zero-order valence-electron chi connectivity index (χ0n) is 16.9. The molecular formula is C20H20N4O6. The lowest BCUT2D eigenvalue weighted by atomic mass is 10.1. The third-order valence-corrected chi connectivity index (χ3v) is 4.64. The first-order valence-corrected chi connectivity index (χ1v) is 8.82. The highest BCUT2D eigenvalue weighted by Crippen LogP contribution is 2.27.